The zero-order valence-electron chi connectivity index (χ0n) is 16.9. The molecule has 160 valence electrons. The number of aliphatic carboxylic acids is 1. The van der Waals surface area contributed by atoms with E-state index in [1.165, 1.54) is 12.7 Å². The minimum atomic E-state index is -1.21. The number of alkyl halides is 1. The molecule has 0 bridgehead atoms. The second-order valence-electron chi connectivity index (χ2n) is 8.18. The molecular formula is C20H31ClO7. The summed E-state index contributed by atoms with van der Waals surface area (Å²) in [4.78, 5) is 22.7. The normalized spacial score (nSPS) is 37.2. The third-order valence-corrected chi connectivity index (χ3v) is 6.26. The van der Waals surface area contributed by atoms with Gasteiger partial charge in [-0.25, -0.2) is 0 Å². The Morgan fingerprint density at radius 1 is 1.32 bits per heavy atom. The van der Waals surface area contributed by atoms with Crippen LogP contribution in [0.25, 0.3) is 0 Å². The topological polar surface area (TPSA) is 106 Å². The maximum Gasteiger partial charge on any atom is 0.306 e. The highest BCUT2D eigenvalue weighted by Crippen LogP contribution is 2.54. The van der Waals surface area contributed by atoms with Gasteiger partial charge < -0.3 is 24.4 Å². The average Bonchev–Trinajstić information content (AvgIpc) is 3.30. The van der Waals surface area contributed by atoms with Gasteiger partial charge in [0.25, 0.3) is 0 Å². The summed E-state index contributed by atoms with van der Waals surface area (Å²) >= 11 is 6.14. The second-order valence-corrected chi connectivity index (χ2v) is 8.45. The molecule has 2 aliphatic rings. The Morgan fingerprint density at radius 2 is 2.00 bits per heavy atom. The maximum atomic E-state index is 12.1. The molecule has 0 spiro atoms. The number of ether oxygens (including phenoxy) is 3. The van der Waals surface area contributed by atoms with Gasteiger partial charge in [0.05, 0.1) is 36.3 Å². The number of carbonyl (C=O) groups excluding carboxylic acids is 1. The van der Waals surface area contributed by atoms with Gasteiger partial charge >= 0.3 is 11.9 Å². The van der Waals surface area contributed by atoms with E-state index in [-0.39, 0.29) is 24.8 Å². The molecular weight excluding hydrogens is 388 g/mol. The van der Waals surface area contributed by atoms with Gasteiger partial charge in [-0.1, -0.05) is 11.6 Å². The van der Waals surface area contributed by atoms with Crippen molar-refractivity contribution in [3.8, 4) is 0 Å². The molecule has 0 aromatic heterocycles. The van der Waals surface area contributed by atoms with Gasteiger partial charge in [0.1, 0.15) is 17.8 Å². The van der Waals surface area contributed by atoms with E-state index in [0.29, 0.717) is 19.3 Å². The van der Waals surface area contributed by atoms with Crippen LogP contribution in [0.5, 0.6) is 0 Å². The van der Waals surface area contributed by atoms with E-state index in [4.69, 9.17) is 30.9 Å². The van der Waals surface area contributed by atoms with E-state index in [1.54, 1.807) is 0 Å². The Labute approximate surface area is 171 Å². The van der Waals surface area contributed by atoms with E-state index in [1.807, 2.05) is 20.8 Å². The van der Waals surface area contributed by atoms with Crippen molar-refractivity contribution < 1.29 is 34.0 Å². The molecule has 1 saturated carbocycles. The van der Waals surface area contributed by atoms with Crippen molar-refractivity contribution in [1.29, 1.82) is 0 Å². The van der Waals surface area contributed by atoms with Crippen molar-refractivity contribution in [3.05, 3.63) is 11.6 Å². The summed E-state index contributed by atoms with van der Waals surface area (Å²) in [5.41, 5.74) is -0.675. The lowest BCUT2D eigenvalue weighted by Crippen LogP contribution is -2.61. The van der Waals surface area contributed by atoms with Crippen LogP contribution in [0.1, 0.15) is 52.9 Å². The van der Waals surface area contributed by atoms with Crippen LogP contribution in [-0.2, 0) is 23.8 Å². The van der Waals surface area contributed by atoms with Crippen LogP contribution in [0.15, 0.2) is 11.6 Å². The predicted molar refractivity (Wildman–Crippen MR) is 103 cm³/mol. The molecule has 2 N–H and O–H groups in total. The van der Waals surface area contributed by atoms with E-state index in [2.05, 4.69) is 6.08 Å². The van der Waals surface area contributed by atoms with Crippen molar-refractivity contribution in [2.75, 3.05) is 13.0 Å². The number of halogens is 1. The van der Waals surface area contributed by atoms with Crippen molar-refractivity contribution in [2.24, 2.45) is 5.92 Å². The third-order valence-electron chi connectivity index (χ3n) is 5.80. The second kappa shape index (κ2) is 9.11. The van der Waals surface area contributed by atoms with Crippen LogP contribution < -0.4 is 0 Å². The number of carboxylic acids is 1. The molecule has 0 amide bonds. The predicted octanol–water partition coefficient (Wildman–Crippen LogP) is 2.67. The van der Waals surface area contributed by atoms with Crippen molar-refractivity contribution >= 4 is 23.5 Å². The molecule has 1 aliphatic carbocycles. The number of hydrogen-bond acceptors (Lipinski definition) is 6. The molecule has 0 aromatic carbocycles. The highest BCUT2D eigenvalue weighted by molar-refractivity contribution is 6.18. The fourth-order valence-electron chi connectivity index (χ4n) is 4.26. The molecule has 7 nitrogen and oxygen atoms in total. The molecule has 1 heterocycles. The molecule has 2 rings (SSSR count). The van der Waals surface area contributed by atoms with E-state index >= 15 is 0 Å². The van der Waals surface area contributed by atoms with Gasteiger partial charge in [0.2, 0.25) is 0 Å². The van der Waals surface area contributed by atoms with Gasteiger partial charge in [-0.3, -0.25) is 9.59 Å². The summed E-state index contributed by atoms with van der Waals surface area (Å²) in [5.74, 6) is -2.11. The van der Waals surface area contributed by atoms with E-state index < -0.39 is 41.3 Å². The lowest BCUT2D eigenvalue weighted by atomic mass is 9.66. The Kier molecular flexibility index (Phi) is 7.53. The monoisotopic (exact) mass is 418 g/mol. The highest BCUT2D eigenvalue weighted by atomic mass is 35.5. The zero-order chi connectivity index (χ0) is 21.1. The number of carbonyl (C=O) groups is 2. The smallest absolute Gasteiger partial charge is 0.306 e. The van der Waals surface area contributed by atoms with Crippen LogP contribution in [0.3, 0.4) is 0 Å². The number of carboxylic acid groups (broad SMARTS) is 1. The summed E-state index contributed by atoms with van der Waals surface area (Å²) in [6, 6.07) is 0. The summed E-state index contributed by atoms with van der Waals surface area (Å²) in [6.45, 7) is 5.96. The van der Waals surface area contributed by atoms with E-state index in [0.717, 1.165) is 0 Å². The van der Waals surface area contributed by atoms with Crippen LogP contribution >= 0.6 is 11.6 Å². The van der Waals surface area contributed by atoms with Crippen LogP contribution in [0, 0.1) is 5.92 Å². The molecule has 28 heavy (non-hydrogen) atoms. The molecule has 6 atom stereocenters. The fourth-order valence-corrected chi connectivity index (χ4v) is 4.56. The highest BCUT2D eigenvalue weighted by Gasteiger charge is 2.67. The lowest BCUT2D eigenvalue weighted by molar-refractivity contribution is -0.193. The van der Waals surface area contributed by atoms with Gasteiger partial charge in [0.15, 0.2) is 0 Å². The van der Waals surface area contributed by atoms with Gasteiger partial charge in [0, 0.05) is 7.11 Å². The quantitative estimate of drug-likeness (QED) is 0.256. The minimum Gasteiger partial charge on any atom is -0.481 e. The van der Waals surface area contributed by atoms with Gasteiger partial charge in [-0.15, -0.1) is 11.6 Å². The summed E-state index contributed by atoms with van der Waals surface area (Å²) < 4.78 is 17.2. The first kappa shape index (κ1) is 23.1. The summed E-state index contributed by atoms with van der Waals surface area (Å²) in [5, 5.41) is 20.0. The number of rotatable bonds is 9. The van der Waals surface area contributed by atoms with Crippen molar-refractivity contribution in [2.45, 2.75) is 82.4 Å². The zero-order valence-corrected chi connectivity index (χ0v) is 17.7. The first-order valence-corrected chi connectivity index (χ1v) is 10.1. The molecule has 1 aliphatic heterocycles. The molecule has 0 unspecified atom stereocenters. The summed E-state index contributed by atoms with van der Waals surface area (Å²) in [6.07, 6.45) is 1.75. The lowest BCUT2D eigenvalue weighted by Gasteiger charge is -2.48. The number of methoxy groups -OCH3 is 1. The Balaban J connectivity index is 2.18. The molecule has 1 saturated heterocycles. The SMILES string of the molecule is CO[C@@H]1[C@H](OC(=O)CCC(=O)O)CC[C@](O)(CCl)[C@H]1[C@]1(C)O[C@H]1CC=C(C)C. The first-order chi connectivity index (χ1) is 13.1. The largest absolute Gasteiger partial charge is 0.481 e. The Bertz CT molecular complexity index is 618. The van der Waals surface area contributed by atoms with Crippen molar-refractivity contribution in [1.82, 2.24) is 0 Å². The van der Waals surface area contributed by atoms with Gasteiger partial charge in [-0.05, 0) is 40.0 Å². The summed E-state index contributed by atoms with van der Waals surface area (Å²) in [7, 11) is 1.51. The molecule has 2 fully saturated rings. The first-order valence-electron chi connectivity index (χ1n) is 9.61. The molecule has 8 heteroatoms. The molecule has 0 aromatic rings. The van der Waals surface area contributed by atoms with Gasteiger partial charge in [-0.2, -0.15) is 0 Å². The average molecular weight is 419 g/mol. The van der Waals surface area contributed by atoms with E-state index in [9.17, 15) is 14.7 Å². The number of allylic oxidation sites excluding steroid dienone is 1. The Hall–Kier alpha value is -1.15. The maximum absolute atomic E-state index is 12.1. The Morgan fingerprint density at radius 3 is 2.54 bits per heavy atom. The number of hydrogen-bond donors (Lipinski definition) is 2. The molecule has 0 radical (unpaired) electrons. The van der Waals surface area contributed by atoms with Crippen LogP contribution in [-0.4, -0.2) is 64.7 Å². The van der Waals surface area contributed by atoms with Crippen LogP contribution in [0.2, 0.25) is 0 Å². The number of epoxide rings is 1. The fraction of sp³-hybridized carbons (Fsp3) is 0.800. The number of esters is 1. The van der Waals surface area contributed by atoms with Crippen molar-refractivity contribution in [3.63, 3.8) is 0 Å². The standard InChI is InChI=1S/C20H31ClO7/c1-12(2)5-6-14-19(3,28-14)18-17(26-4)13(9-10-20(18,25)11-21)27-16(24)8-7-15(22)23/h5,13-14,17-18,25H,6-11H2,1-4H3,(H,22,23)/t13-,14+,17-,18-,19-,20+/m1/s1. The van der Waals surface area contributed by atoms with Crippen LogP contribution in [0.4, 0.5) is 0 Å². The minimum absolute atomic E-state index is 0.0194. The number of aliphatic hydroxyl groups is 1. The third kappa shape index (κ3) is 5.06.